The summed E-state index contributed by atoms with van der Waals surface area (Å²) in [6.07, 6.45) is 7.72. The Labute approximate surface area is 139 Å². The number of rotatable bonds is 4. The quantitative estimate of drug-likeness (QED) is 0.731. The molecule has 2 unspecified atom stereocenters. The molecule has 1 N–H and O–H groups in total. The number of hydrogen-bond acceptors (Lipinski definition) is 3. The lowest BCUT2D eigenvalue weighted by Crippen LogP contribution is -2.41. The topological polar surface area (TPSA) is 21.3 Å². The van der Waals surface area contributed by atoms with Gasteiger partial charge < -0.3 is 10.1 Å². The Balaban J connectivity index is 1.76. The van der Waals surface area contributed by atoms with Gasteiger partial charge in [0.1, 0.15) is 0 Å². The SMILES string of the molecule is CCNC(c1csc(I)c1)C1CCOC2(CCCC2)C1. The van der Waals surface area contributed by atoms with Crippen molar-refractivity contribution in [2.24, 2.45) is 5.92 Å². The number of halogens is 1. The van der Waals surface area contributed by atoms with E-state index in [9.17, 15) is 0 Å². The Morgan fingerprint density at radius 3 is 2.95 bits per heavy atom. The molecule has 4 heteroatoms. The van der Waals surface area contributed by atoms with Crippen LogP contribution in [0.1, 0.15) is 57.1 Å². The minimum absolute atomic E-state index is 0.222. The highest BCUT2D eigenvalue weighted by Gasteiger charge is 2.42. The fourth-order valence-corrected chi connectivity index (χ4v) is 5.39. The van der Waals surface area contributed by atoms with Crippen molar-refractivity contribution in [2.75, 3.05) is 13.2 Å². The van der Waals surface area contributed by atoms with Crippen molar-refractivity contribution in [1.82, 2.24) is 5.32 Å². The van der Waals surface area contributed by atoms with Gasteiger partial charge in [-0.05, 0) is 77.7 Å². The minimum Gasteiger partial charge on any atom is -0.375 e. The van der Waals surface area contributed by atoms with E-state index in [1.807, 2.05) is 11.3 Å². The van der Waals surface area contributed by atoms with Gasteiger partial charge in [0.25, 0.3) is 0 Å². The van der Waals surface area contributed by atoms with E-state index in [4.69, 9.17) is 4.74 Å². The molecule has 1 aliphatic heterocycles. The van der Waals surface area contributed by atoms with Gasteiger partial charge in [-0.25, -0.2) is 0 Å². The Kier molecular flexibility index (Phi) is 5.06. The van der Waals surface area contributed by atoms with Crippen LogP contribution in [0, 0.1) is 8.80 Å². The highest BCUT2D eigenvalue weighted by molar-refractivity contribution is 14.1. The summed E-state index contributed by atoms with van der Waals surface area (Å²) in [7, 11) is 0. The molecule has 112 valence electrons. The summed E-state index contributed by atoms with van der Waals surface area (Å²) in [4.78, 5) is 0. The Bertz CT molecular complexity index is 441. The summed E-state index contributed by atoms with van der Waals surface area (Å²) in [6.45, 7) is 4.21. The van der Waals surface area contributed by atoms with Crippen LogP contribution < -0.4 is 5.32 Å². The maximum absolute atomic E-state index is 6.20. The molecule has 1 aliphatic carbocycles. The third-order valence-electron chi connectivity index (χ3n) is 4.89. The van der Waals surface area contributed by atoms with Crippen LogP contribution in [0.5, 0.6) is 0 Å². The van der Waals surface area contributed by atoms with Gasteiger partial charge in [-0.15, -0.1) is 11.3 Å². The summed E-state index contributed by atoms with van der Waals surface area (Å²) in [5.74, 6) is 0.729. The fraction of sp³-hybridized carbons (Fsp3) is 0.750. The van der Waals surface area contributed by atoms with E-state index in [0.717, 1.165) is 19.1 Å². The van der Waals surface area contributed by atoms with Gasteiger partial charge in [0.2, 0.25) is 0 Å². The van der Waals surface area contributed by atoms with Crippen molar-refractivity contribution in [1.29, 1.82) is 0 Å². The maximum Gasteiger partial charge on any atom is 0.0686 e. The summed E-state index contributed by atoms with van der Waals surface area (Å²) in [6, 6.07) is 2.87. The first-order valence-electron chi connectivity index (χ1n) is 7.84. The molecular formula is C16H24INOS. The van der Waals surface area contributed by atoms with E-state index in [-0.39, 0.29) is 5.60 Å². The molecule has 1 saturated heterocycles. The second kappa shape index (κ2) is 6.63. The van der Waals surface area contributed by atoms with E-state index in [1.165, 1.54) is 47.0 Å². The summed E-state index contributed by atoms with van der Waals surface area (Å²) < 4.78 is 7.59. The van der Waals surface area contributed by atoms with Gasteiger partial charge in [0, 0.05) is 12.6 Å². The van der Waals surface area contributed by atoms with Crippen molar-refractivity contribution in [3.05, 3.63) is 19.9 Å². The molecule has 20 heavy (non-hydrogen) atoms. The molecule has 2 heterocycles. The zero-order chi connectivity index (χ0) is 14.0. The normalized spacial score (nSPS) is 27.0. The number of hydrogen-bond donors (Lipinski definition) is 1. The van der Waals surface area contributed by atoms with E-state index in [1.54, 1.807) is 0 Å². The lowest BCUT2D eigenvalue weighted by molar-refractivity contribution is -0.0981. The standard InChI is InChI=1S/C16H24INOS/c1-2-18-15(13-9-14(17)20-11-13)12-5-8-19-16(10-12)6-3-4-7-16/h9,11-12,15,18H,2-8,10H2,1H3. The van der Waals surface area contributed by atoms with Gasteiger partial charge in [-0.1, -0.05) is 19.8 Å². The number of ether oxygens (including phenoxy) is 1. The Morgan fingerprint density at radius 1 is 1.50 bits per heavy atom. The molecule has 1 aromatic rings. The van der Waals surface area contributed by atoms with Gasteiger partial charge in [0.05, 0.1) is 8.48 Å². The van der Waals surface area contributed by atoms with E-state index >= 15 is 0 Å². The predicted molar refractivity (Wildman–Crippen MR) is 93.3 cm³/mol. The highest BCUT2D eigenvalue weighted by atomic mass is 127. The minimum atomic E-state index is 0.222. The van der Waals surface area contributed by atoms with Crippen LogP contribution in [0.25, 0.3) is 0 Å². The molecule has 0 aromatic carbocycles. The molecule has 3 rings (SSSR count). The first-order chi connectivity index (χ1) is 9.72. The second-order valence-electron chi connectivity index (χ2n) is 6.21. The van der Waals surface area contributed by atoms with E-state index < -0.39 is 0 Å². The van der Waals surface area contributed by atoms with Crippen LogP contribution >= 0.6 is 33.9 Å². The van der Waals surface area contributed by atoms with Gasteiger partial charge >= 0.3 is 0 Å². The van der Waals surface area contributed by atoms with Crippen LogP contribution in [0.2, 0.25) is 0 Å². The third-order valence-corrected chi connectivity index (χ3v) is 6.70. The van der Waals surface area contributed by atoms with Gasteiger partial charge in [0.15, 0.2) is 0 Å². The monoisotopic (exact) mass is 405 g/mol. The van der Waals surface area contributed by atoms with Crippen LogP contribution in [-0.4, -0.2) is 18.8 Å². The average Bonchev–Trinajstić information content (AvgIpc) is 3.06. The van der Waals surface area contributed by atoms with Crippen molar-refractivity contribution in [2.45, 2.75) is 57.1 Å². The molecule has 0 bridgehead atoms. The second-order valence-corrected chi connectivity index (χ2v) is 9.02. The first kappa shape index (κ1) is 15.3. The van der Waals surface area contributed by atoms with Crippen molar-refractivity contribution >= 4 is 33.9 Å². The molecule has 2 atom stereocenters. The number of nitrogens with one attached hydrogen (secondary N) is 1. The van der Waals surface area contributed by atoms with Crippen LogP contribution in [-0.2, 0) is 4.74 Å². The predicted octanol–water partition coefficient (Wildman–Crippen LogP) is 4.74. The van der Waals surface area contributed by atoms with Crippen molar-refractivity contribution in [3.63, 3.8) is 0 Å². The Morgan fingerprint density at radius 2 is 2.30 bits per heavy atom. The summed E-state index contributed by atoms with van der Waals surface area (Å²) >= 11 is 4.29. The highest BCUT2D eigenvalue weighted by Crippen LogP contribution is 2.45. The van der Waals surface area contributed by atoms with Crippen molar-refractivity contribution in [3.8, 4) is 0 Å². The fourth-order valence-electron chi connectivity index (χ4n) is 3.98. The lowest BCUT2D eigenvalue weighted by Gasteiger charge is -2.41. The molecule has 1 aromatic heterocycles. The molecule has 0 radical (unpaired) electrons. The largest absolute Gasteiger partial charge is 0.375 e. The number of thiophene rings is 1. The molecule has 2 aliphatic rings. The molecule has 2 fully saturated rings. The lowest BCUT2D eigenvalue weighted by atomic mass is 9.79. The van der Waals surface area contributed by atoms with Gasteiger partial charge in [-0.2, -0.15) is 0 Å². The van der Waals surface area contributed by atoms with E-state index in [2.05, 4.69) is 46.3 Å². The van der Waals surface area contributed by atoms with Gasteiger partial charge in [-0.3, -0.25) is 0 Å². The molecule has 0 amide bonds. The van der Waals surface area contributed by atoms with Crippen LogP contribution in [0.3, 0.4) is 0 Å². The zero-order valence-electron chi connectivity index (χ0n) is 12.2. The Hall–Kier alpha value is 0.350. The summed E-state index contributed by atoms with van der Waals surface area (Å²) in [5.41, 5.74) is 1.71. The van der Waals surface area contributed by atoms with E-state index in [0.29, 0.717) is 6.04 Å². The maximum atomic E-state index is 6.20. The molecular weight excluding hydrogens is 381 g/mol. The smallest absolute Gasteiger partial charge is 0.0686 e. The molecule has 1 spiro atoms. The first-order valence-corrected chi connectivity index (χ1v) is 9.79. The molecule has 2 nitrogen and oxygen atoms in total. The van der Waals surface area contributed by atoms with Crippen LogP contribution in [0.4, 0.5) is 0 Å². The van der Waals surface area contributed by atoms with Crippen LogP contribution in [0.15, 0.2) is 11.4 Å². The zero-order valence-corrected chi connectivity index (χ0v) is 15.1. The van der Waals surface area contributed by atoms with Crippen molar-refractivity contribution < 1.29 is 4.74 Å². The molecule has 1 saturated carbocycles. The summed E-state index contributed by atoms with van der Waals surface area (Å²) in [5, 5.41) is 6.08. The average molecular weight is 405 g/mol. The third kappa shape index (κ3) is 3.23.